The minimum Gasteiger partial charge on any atom is -0.335 e. The van der Waals surface area contributed by atoms with Gasteiger partial charge in [-0.05, 0) is 35.9 Å². The minimum atomic E-state index is -3.59. The van der Waals surface area contributed by atoms with Crippen molar-refractivity contribution < 1.29 is 8.42 Å². The number of aromatic amines is 1. The summed E-state index contributed by atoms with van der Waals surface area (Å²) in [7, 11) is -3.59. The lowest BCUT2D eigenvalue weighted by atomic mass is 10.1. The summed E-state index contributed by atoms with van der Waals surface area (Å²) in [6.45, 7) is 0. The van der Waals surface area contributed by atoms with Crippen molar-refractivity contribution in [2.24, 2.45) is 0 Å². The van der Waals surface area contributed by atoms with Crippen molar-refractivity contribution in [3.05, 3.63) is 41.3 Å². The van der Waals surface area contributed by atoms with E-state index in [-0.39, 0.29) is 11.1 Å². The monoisotopic (exact) mass is 329 g/mol. The number of nitrogens with zero attached hydrogens (tertiary/aromatic N) is 1. The molecule has 0 saturated carbocycles. The molecule has 1 aromatic heterocycles. The van der Waals surface area contributed by atoms with Gasteiger partial charge in [-0.25, -0.2) is 18.1 Å². The summed E-state index contributed by atoms with van der Waals surface area (Å²) in [5, 5.41) is 0.677. The highest BCUT2D eigenvalue weighted by Crippen LogP contribution is 2.38. The largest absolute Gasteiger partial charge is 0.335 e. The molecule has 20 heavy (non-hydrogen) atoms. The van der Waals surface area contributed by atoms with Crippen LogP contribution in [0.1, 0.15) is 18.0 Å². The molecule has 0 aliphatic carbocycles. The molecule has 3 rings (SSSR count). The van der Waals surface area contributed by atoms with E-state index in [9.17, 15) is 8.42 Å². The van der Waals surface area contributed by atoms with Gasteiger partial charge in [-0.2, -0.15) is 0 Å². The molecule has 2 aromatic rings. The Bertz CT molecular complexity index is 716. The lowest BCUT2D eigenvalue weighted by molar-refractivity contribution is 0.543. The summed E-state index contributed by atoms with van der Waals surface area (Å²) in [5.41, 5.74) is 0.928. The predicted octanol–water partition coefficient (Wildman–Crippen LogP) is 2.58. The number of halogens is 1. The maximum atomic E-state index is 12.2. The van der Waals surface area contributed by atoms with Crippen LogP contribution in [0.15, 0.2) is 40.6 Å². The zero-order chi connectivity index (χ0) is 14.2. The van der Waals surface area contributed by atoms with Crippen molar-refractivity contribution in [3.63, 3.8) is 0 Å². The van der Waals surface area contributed by atoms with Crippen LogP contribution in [0.25, 0.3) is 0 Å². The van der Waals surface area contributed by atoms with Crippen LogP contribution in [-0.2, 0) is 10.0 Å². The van der Waals surface area contributed by atoms with Gasteiger partial charge in [0.25, 0.3) is 10.0 Å². The number of hydrogen-bond acceptors (Lipinski definition) is 4. The van der Waals surface area contributed by atoms with Crippen molar-refractivity contribution in [1.82, 2.24) is 14.7 Å². The molecule has 1 aliphatic rings. The van der Waals surface area contributed by atoms with Gasteiger partial charge in [0.2, 0.25) is 0 Å². The number of nitrogens with one attached hydrogen (secondary N) is 2. The van der Waals surface area contributed by atoms with Crippen LogP contribution in [0.3, 0.4) is 0 Å². The lowest BCUT2D eigenvalue weighted by Crippen LogP contribution is -2.31. The Morgan fingerprint density at radius 1 is 1.45 bits per heavy atom. The fourth-order valence-corrected chi connectivity index (χ4v) is 4.57. The predicted molar refractivity (Wildman–Crippen MR) is 78.4 cm³/mol. The van der Waals surface area contributed by atoms with E-state index < -0.39 is 10.0 Å². The van der Waals surface area contributed by atoms with E-state index in [1.165, 1.54) is 12.5 Å². The molecule has 0 fully saturated rings. The van der Waals surface area contributed by atoms with Gasteiger partial charge < -0.3 is 4.98 Å². The van der Waals surface area contributed by atoms with Crippen molar-refractivity contribution in [1.29, 1.82) is 0 Å². The van der Waals surface area contributed by atoms with E-state index in [1.807, 2.05) is 18.2 Å². The van der Waals surface area contributed by atoms with E-state index in [0.29, 0.717) is 5.02 Å². The van der Waals surface area contributed by atoms with Gasteiger partial charge in [0, 0.05) is 16.0 Å². The highest BCUT2D eigenvalue weighted by molar-refractivity contribution is 7.99. The van der Waals surface area contributed by atoms with E-state index in [4.69, 9.17) is 11.6 Å². The number of sulfonamides is 1. The molecular formula is C12H12ClN3O2S2. The van der Waals surface area contributed by atoms with Gasteiger partial charge in [0.1, 0.15) is 0 Å². The molecule has 2 heterocycles. The topological polar surface area (TPSA) is 74.8 Å². The molecule has 1 atom stereocenters. The average molecular weight is 330 g/mol. The number of benzene rings is 1. The highest BCUT2D eigenvalue weighted by Gasteiger charge is 2.27. The van der Waals surface area contributed by atoms with Crippen molar-refractivity contribution in [2.45, 2.75) is 22.4 Å². The van der Waals surface area contributed by atoms with Crippen LogP contribution < -0.4 is 4.72 Å². The summed E-state index contributed by atoms with van der Waals surface area (Å²) < 4.78 is 27.2. The van der Waals surface area contributed by atoms with Gasteiger partial charge in [-0.3, -0.25) is 0 Å². The maximum absolute atomic E-state index is 12.2. The first-order valence-corrected chi connectivity index (χ1v) is 8.84. The third kappa shape index (κ3) is 2.71. The summed E-state index contributed by atoms with van der Waals surface area (Å²) >= 11 is 7.72. The third-order valence-electron chi connectivity index (χ3n) is 3.07. The highest BCUT2D eigenvalue weighted by atomic mass is 35.5. The summed E-state index contributed by atoms with van der Waals surface area (Å²) in [4.78, 5) is 7.42. The zero-order valence-electron chi connectivity index (χ0n) is 10.3. The second-order valence-corrected chi connectivity index (χ2v) is 7.66. The molecule has 106 valence electrons. The van der Waals surface area contributed by atoms with Crippen molar-refractivity contribution >= 4 is 33.4 Å². The molecule has 0 spiro atoms. The summed E-state index contributed by atoms with van der Waals surface area (Å²) in [6, 6.07) is 5.31. The SMILES string of the molecule is O=S(=O)(NC1CCSc2ccc(Cl)cc21)c1cnc[nH]1. The third-order valence-corrected chi connectivity index (χ3v) is 5.83. The van der Waals surface area contributed by atoms with Gasteiger partial charge in [-0.15, -0.1) is 11.8 Å². The Morgan fingerprint density at radius 3 is 3.05 bits per heavy atom. The summed E-state index contributed by atoms with van der Waals surface area (Å²) in [6.07, 6.45) is 3.36. The molecule has 2 N–H and O–H groups in total. The standard InChI is InChI=1S/C12H12ClN3O2S2/c13-8-1-2-11-9(5-8)10(3-4-19-11)16-20(17,18)12-6-14-7-15-12/h1-2,5-7,10,16H,3-4H2,(H,14,15). The van der Waals surface area contributed by atoms with Crippen LogP contribution in [0.5, 0.6) is 0 Å². The first-order valence-electron chi connectivity index (χ1n) is 5.99. The molecule has 0 bridgehead atoms. The normalized spacial score (nSPS) is 18.8. The molecule has 0 amide bonds. The molecule has 1 aliphatic heterocycles. The molecule has 5 nitrogen and oxygen atoms in total. The van der Waals surface area contributed by atoms with Gasteiger partial charge in [0.05, 0.1) is 12.5 Å². The van der Waals surface area contributed by atoms with Crippen LogP contribution in [0.4, 0.5) is 0 Å². The Hall–Kier alpha value is -1.02. The van der Waals surface area contributed by atoms with E-state index in [1.54, 1.807) is 11.8 Å². The van der Waals surface area contributed by atoms with E-state index >= 15 is 0 Å². The Labute approximate surface area is 126 Å². The second kappa shape index (κ2) is 5.40. The molecule has 1 aromatic carbocycles. The van der Waals surface area contributed by atoms with Gasteiger partial charge in [0.15, 0.2) is 5.03 Å². The van der Waals surface area contributed by atoms with E-state index in [0.717, 1.165) is 22.6 Å². The van der Waals surface area contributed by atoms with E-state index in [2.05, 4.69) is 14.7 Å². The first-order chi connectivity index (χ1) is 9.56. The minimum absolute atomic E-state index is 0.0688. The Kier molecular flexibility index (Phi) is 3.76. The molecule has 0 radical (unpaired) electrons. The number of fused-ring (bicyclic) bond motifs is 1. The van der Waals surface area contributed by atoms with Crippen LogP contribution in [0.2, 0.25) is 5.02 Å². The Morgan fingerprint density at radius 2 is 2.30 bits per heavy atom. The fourth-order valence-electron chi connectivity index (χ4n) is 2.13. The number of aromatic nitrogens is 2. The lowest BCUT2D eigenvalue weighted by Gasteiger charge is -2.25. The maximum Gasteiger partial charge on any atom is 0.258 e. The molecule has 8 heteroatoms. The summed E-state index contributed by atoms with van der Waals surface area (Å²) in [5.74, 6) is 0.866. The number of hydrogen-bond donors (Lipinski definition) is 2. The van der Waals surface area contributed by atoms with Crippen molar-refractivity contribution in [2.75, 3.05) is 5.75 Å². The number of imidazole rings is 1. The van der Waals surface area contributed by atoms with Gasteiger partial charge >= 0.3 is 0 Å². The average Bonchev–Trinajstić information content (AvgIpc) is 2.94. The quantitative estimate of drug-likeness (QED) is 0.907. The fraction of sp³-hybridized carbons (Fsp3) is 0.250. The smallest absolute Gasteiger partial charge is 0.258 e. The zero-order valence-corrected chi connectivity index (χ0v) is 12.7. The van der Waals surface area contributed by atoms with Crippen LogP contribution >= 0.6 is 23.4 Å². The number of thioether (sulfide) groups is 1. The first kappa shape index (κ1) is 13.9. The number of rotatable bonds is 3. The molecule has 1 unspecified atom stereocenters. The van der Waals surface area contributed by atoms with Crippen LogP contribution in [0, 0.1) is 0 Å². The second-order valence-electron chi connectivity index (χ2n) is 4.41. The molecular weight excluding hydrogens is 318 g/mol. The van der Waals surface area contributed by atoms with Crippen LogP contribution in [-0.4, -0.2) is 24.1 Å². The van der Waals surface area contributed by atoms with Crippen molar-refractivity contribution in [3.8, 4) is 0 Å². The number of H-pyrrole nitrogens is 1. The molecule has 0 saturated heterocycles. The Balaban J connectivity index is 1.92. The van der Waals surface area contributed by atoms with Gasteiger partial charge in [-0.1, -0.05) is 11.6 Å².